The molecule has 1 aliphatic carbocycles. The summed E-state index contributed by atoms with van der Waals surface area (Å²) in [6.07, 6.45) is 7.56. The van der Waals surface area contributed by atoms with Gasteiger partial charge in [0, 0.05) is 19.0 Å². The smallest absolute Gasteiger partial charge is 0.246 e. The molecule has 0 saturated carbocycles. The van der Waals surface area contributed by atoms with Gasteiger partial charge >= 0.3 is 0 Å². The van der Waals surface area contributed by atoms with Crippen molar-refractivity contribution in [3.63, 3.8) is 0 Å². The minimum atomic E-state index is -0.0886. The summed E-state index contributed by atoms with van der Waals surface area (Å²) < 4.78 is 5.82. The van der Waals surface area contributed by atoms with Crippen LogP contribution in [0.5, 0.6) is 0 Å². The number of rotatable bonds is 3. The lowest BCUT2D eigenvalue weighted by molar-refractivity contribution is -0.125. The minimum Gasteiger partial charge on any atom is -0.463 e. The average molecular weight is 261 g/mol. The molecule has 0 fully saturated rings. The van der Waals surface area contributed by atoms with E-state index in [4.69, 9.17) is 4.42 Å². The van der Waals surface area contributed by atoms with Crippen LogP contribution in [0.15, 0.2) is 23.1 Å². The molecule has 0 radical (unpaired) electrons. The first-order valence-corrected chi connectivity index (χ1v) is 6.78. The van der Waals surface area contributed by atoms with Crippen LogP contribution < -0.4 is 0 Å². The first-order valence-electron chi connectivity index (χ1n) is 6.78. The molecule has 1 aliphatic rings. The number of likely N-dealkylation sites (N-methyl/N-ethyl adjacent to an activating group) is 1. The molecule has 1 aromatic heterocycles. The molecular formula is C16H23NO2. The molecule has 0 aromatic carbocycles. The second-order valence-electron chi connectivity index (χ2n) is 4.33. The van der Waals surface area contributed by atoms with E-state index in [1.54, 1.807) is 11.9 Å². The van der Waals surface area contributed by atoms with Crippen LogP contribution in [-0.2, 0) is 17.8 Å². The molecule has 0 bridgehead atoms. The van der Waals surface area contributed by atoms with Crippen LogP contribution in [0.2, 0.25) is 0 Å². The minimum absolute atomic E-state index is 0.0886. The van der Waals surface area contributed by atoms with E-state index in [0.29, 0.717) is 6.54 Å². The number of aryl methyl sites for hydroxylation is 1. The highest BCUT2D eigenvalue weighted by atomic mass is 16.3. The monoisotopic (exact) mass is 261 g/mol. The van der Waals surface area contributed by atoms with Crippen molar-refractivity contribution in [1.82, 2.24) is 4.90 Å². The average Bonchev–Trinajstić information content (AvgIpc) is 2.77. The number of fused-ring (bicyclic) bond motifs is 1. The third-order valence-electron chi connectivity index (χ3n) is 3.12. The van der Waals surface area contributed by atoms with Gasteiger partial charge in [-0.15, -0.1) is 0 Å². The van der Waals surface area contributed by atoms with Crippen LogP contribution in [-0.4, -0.2) is 17.9 Å². The number of amides is 1. The summed E-state index contributed by atoms with van der Waals surface area (Å²) >= 11 is 0. The van der Waals surface area contributed by atoms with Crippen LogP contribution in [0.25, 0.3) is 6.08 Å². The molecule has 0 saturated heterocycles. The summed E-state index contributed by atoms with van der Waals surface area (Å²) in [6, 6.07) is 0. The molecule has 1 aromatic rings. The molecule has 1 heterocycles. The lowest BCUT2D eigenvalue weighted by Crippen LogP contribution is -2.23. The molecule has 2 rings (SSSR count). The van der Waals surface area contributed by atoms with Crippen molar-refractivity contribution in [3.05, 3.63) is 41.4 Å². The SMILES string of the molecule is C=CC(=O)N(C)Cc1oc2c(c1C)C=CCC2.CC. The van der Waals surface area contributed by atoms with Crippen LogP contribution in [0, 0.1) is 6.92 Å². The molecule has 3 nitrogen and oxygen atoms in total. The Labute approximate surface area is 115 Å². The van der Waals surface area contributed by atoms with Gasteiger partial charge in [0.25, 0.3) is 0 Å². The van der Waals surface area contributed by atoms with Crippen LogP contribution in [0.1, 0.15) is 42.9 Å². The Balaban J connectivity index is 0.000000861. The van der Waals surface area contributed by atoms with Gasteiger partial charge in [0.2, 0.25) is 5.91 Å². The second kappa shape index (κ2) is 6.98. The van der Waals surface area contributed by atoms with Crippen molar-refractivity contribution >= 4 is 12.0 Å². The number of nitrogens with zero attached hydrogens (tertiary/aromatic N) is 1. The lowest BCUT2D eigenvalue weighted by Gasteiger charge is -2.13. The van der Waals surface area contributed by atoms with E-state index >= 15 is 0 Å². The van der Waals surface area contributed by atoms with Gasteiger partial charge in [-0.2, -0.15) is 0 Å². The number of hydrogen-bond acceptors (Lipinski definition) is 2. The fourth-order valence-electron chi connectivity index (χ4n) is 2.06. The molecule has 19 heavy (non-hydrogen) atoms. The first-order chi connectivity index (χ1) is 9.13. The summed E-state index contributed by atoms with van der Waals surface area (Å²) in [5.41, 5.74) is 2.32. The predicted molar refractivity (Wildman–Crippen MR) is 78.8 cm³/mol. The fraction of sp³-hybridized carbons (Fsp3) is 0.438. The van der Waals surface area contributed by atoms with Crippen LogP contribution in [0.3, 0.4) is 0 Å². The highest BCUT2D eigenvalue weighted by Gasteiger charge is 2.18. The topological polar surface area (TPSA) is 33.5 Å². The Kier molecular flexibility index (Phi) is 5.61. The van der Waals surface area contributed by atoms with Crippen molar-refractivity contribution in [1.29, 1.82) is 0 Å². The standard InChI is InChI=1S/C14H17NO2.C2H6/c1-4-14(16)15(3)9-13-10(2)11-7-5-6-8-12(11)17-13;1-2/h4-5,7H,1,6,8-9H2,2-3H3;1-2H3. The van der Waals surface area contributed by atoms with E-state index < -0.39 is 0 Å². The van der Waals surface area contributed by atoms with Gasteiger partial charge in [-0.05, 0) is 25.0 Å². The van der Waals surface area contributed by atoms with Gasteiger partial charge in [0.1, 0.15) is 11.5 Å². The summed E-state index contributed by atoms with van der Waals surface area (Å²) in [5, 5.41) is 0. The molecule has 1 amide bonds. The van der Waals surface area contributed by atoms with Gasteiger partial charge in [-0.25, -0.2) is 0 Å². The fourth-order valence-corrected chi connectivity index (χ4v) is 2.06. The van der Waals surface area contributed by atoms with Crippen molar-refractivity contribution < 1.29 is 9.21 Å². The van der Waals surface area contributed by atoms with Gasteiger partial charge in [-0.1, -0.05) is 32.6 Å². The van der Waals surface area contributed by atoms with E-state index in [2.05, 4.69) is 18.7 Å². The zero-order valence-corrected chi connectivity index (χ0v) is 12.3. The van der Waals surface area contributed by atoms with E-state index in [9.17, 15) is 4.79 Å². The van der Waals surface area contributed by atoms with Gasteiger partial charge < -0.3 is 9.32 Å². The Morgan fingerprint density at radius 3 is 2.79 bits per heavy atom. The highest BCUT2D eigenvalue weighted by molar-refractivity contribution is 5.86. The molecule has 0 unspecified atom stereocenters. The lowest BCUT2D eigenvalue weighted by atomic mass is 10.0. The quantitative estimate of drug-likeness (QED) is 0.777. The zero-order chi connectivity index (χ0) is 14.4. The van der Waals surface area contributed by atoms with Gasteiger partial charge in [0.05, 0.1) is 6.54 Å². The molecule has 0 atom stereocenters. The molecule has 0 aliphatic heterocycles. The summed E-state index contributed by atoms with van der Waals surface area (Å²) in [4.78, 5) is 13.0. The maximum atomic E-state index is 11.4. The Morgan fingerprint density at radius 2 is 2.21 bits per heavy atom. The Bertz CT molecular complexity index is 483. The molecule has 0 N–H and O–H groups in total. The van der Waals surface area contributed by atoms with Gasteiger partial charge in [-0.3, -0.25) is 4.79 Å². The van der Waals surface area contributed by atoms with Crippen molar-refractivity contribution in [2.24, 2.45) is 0 Å². The molecular weight excluding hydrogens is 238 g/mol. The maximum Gasteiger partial charge on any atom is 0.246 e. The molecule has 104 valence electrons. The number of allylic oxidation sites excluding steroid dienone is 1. The normalized spacial score (nSPS) is 12.2. The third kappa shape index (κ3) is 3.37. The summed E-state index contributed by atoms with van der Waals surface area (Å²) in [5.74, 6) is 1.83. The number of carbonyl (C=O) groups excluding carboxylic acids is 1. The molecule has 3 heteroatoms. The first kappa shape index (κ1) is 15.3. The number of carbonyl (C=O) groups is 1. The van der Waals surface area contributed by atoms with E-state index in [1.165, 1.54) is 11.6 Å². The van der Waals surface area contributed by atoms with E-state index in [-0.39, 0.29) is 5.91 Å². The number of hydrogen-bond donors (Lipinski definition) is 0. The third-order valence-corrected chi connectivity index (χ3v) is 3.12. The van der Waals surface area contributed by atoms with Crippen LogP contribution >= 0.6 is 0 Å². The van der Waals surface area contributed by atoms with E-state index in [0.717, 1.165) is 29.9 Å². The van der Waals surface area contributed by atoms with E-state index in [1.807, 2.05) is 20.8 Å². The van der Waals surface area contributed by atoms with Crippen molar-refractivity contribution in [2.75, 3.05) is 7.05 Å². The summed E-state index contributed by atoms with van der Waals surface area (Å²) in [6.45, 7) is 10.0. The largest absolute Gasteiger partial charge is 0.463 e. The summed E-state index contributed by atoms with van der Waals surface area (Å²) in [7, 11) is 1.75. The van der Waals surface area contributed by atoms with Crippen molar-refractivity contribution in [3.8, 4) is 0 Å². The van der Waals surface area contributed by atoms with Crippen LogP contribution in [0.4, 0.5) is 0 Å². The Hall–Kier alpha value is -1.77. The predicted octanol–water partition coefficient (Wildman–Crippen LogP) is 3.72. The van der Waals surface area contributed by atoms with Crippen molar-refractivity contribution in [2.45, 2.75) is 40.2 Å². The molecule has 0 spiro atoms. The Morgan fingerprint density at radius 1 is 1.53 bits per heavy atom. The second-order valence-corrected chi connectivity index (χ2v) is 4.33. The van der Waals surface area contributed by atoms with Gasteiger partial charge in [0.15, 0.2) is 0 Å². The maximum absolute atomic E-state index is 11.4. The highest BCUT2D eigenvalue weighted by Crippen LogP contribution is 2.28. The zero-order valence-electron chi connectivity index (χ0n) is 12.3. The number of furan rings is 1.